The van der Waals surface area contributed by atoms with Crippen molar-refractivity contribution in [1.29, 1.82) is 0 Å². The number of rotatable bonds is 4. The fourth-order valence-corrected chi connectivity index (χ4v) is 3.46. The van der Waals surface area contributed by atoms with E-state index < -0.39 is 0 Å². The van der Waals surface area contributed by atoms with Gasteiger partial charge in [0, 0.05) is 36.8 Å². The van der Waals surface area contributed by atoms with E-state index in [0.717, 1.165) is 13.1 Å². The third-order valence-corrected chi connectivity index (χ3v) is 5.13. The van der Waals surface area contributed by atoms with Crippen molar-refractivity contribution < 1.29 is 9.90 Å². The molecule has 15 heavy (non-hydrogen) atoms. The lowest BCUT2D eigenvalue weighted by molar-refractivity contribution is -0.128. The Morgan fingerprint density at radius 1 is 1.60 bits per heavy atom. The summed E-state index contributed by atoms with van der Waals surface area (Å²) in [7, 11) is 0. The van der Waals surface area contributed by atoms with Crippen molar-refractivity contribution in [3.05, 3.63) is 0 Å². The van der Waals surface area contributed by atoms with E-state index in [4.69, 9.17) is 5.11 Å². The zero-order valence-electron chi connectivity index (χ0n) is 9.24. The van der Waals surface area contributed by atoms with Crippen LogP contribution in [0, 0.1) is 5.92 Å². The summed E-state index contributed by atoms with van der Waals surface area (Å²) in [5.41, 5.74) is 0. The molecule has 1 N–H and O–H groups in total. The standard InChI is InChI=1S/C11H19NO2S/c1-15-11(3-2-4-11)8-12-6-9(7-13)5-10(12)14/h9,13H,2-8H2,1H3. The second-order valence-corrected chi connectivity index (χ2v) is 6.04. The SMILES string of the molecule is CSC1(CN2CC(CO)CC2=O)CCC1. The maximum atomic E-state index is 11.7. The molecular formula is C11H19NO2S. The highest BCUT2D eigenvalue weighted by Gasteiger charge is 2.41. The molecule has 0 radical (unpaired) electrons. The highest BCUT2D eigenvalue weighted by molar-refractivity contribution is 8.00. The smallest absolute Gasteiger partial charge is 0.223 e. The van der Waals surface area contributed by atoms with Crippen molar-refractivity contribution in [2.24, 2.45) is 5.92 Å². The number of aliphatic hydroxyl groups is 1. The molecule has 3 nitrogen and oxygen atoms in total. The van der Waals surface area contributed by atoms with Crippen molar-refractivity contribution in [1.82, 2.24) is 4.90 Å². The Morgan fingerprint density at radius 3 is 2.73 bits per heavy atom. The lowest BCUT2D eigenvalue weighted by Gasteiger charge is -2.43. The number of carbonyl (C=O) groups is 1. The van der Waals surface area contributed by atoms with Gasteiger partial charge in [-0.25, -0.2) is 0 Å². The second kappa shape index (κ2) is 4.34. The number of likely N-dealkylation sites (tertiary alicyclic amines) is 1. The van der Waals surface area contributed by atoms with E-state index in [1.807, 2.05) is 16.7 Å². The van der Waals surface area contributed by atoms with Gasteiger partial charge in [-0.1, -0.05) is 6.42 Å². The first-order valence-corrected chi connectivity index (χ1v) is 6.85. The second-order valence-electron chi connectivity index (χ2n) is 4.77. The molecule has 1 saturated heterocycles. The van der Waals surface area contributed by atoms with Crippen LogP contribution in [0.5, 0.6) is 0 Å². The van der Waals surface area contributed by atoms with Crippen LogP contribution in [-0.2, 0) is 4.79 Å². The maximum Gasteiger partial charge on any atom is 0.223 e. The zero-order valence-corrected chi connectivity index (χ0v) is 10.1. The number of nitrogens with zero attached hydrogens (tertiary/aromatic N) is 1. The molecule has 1 saturated carbocycles. The van der Waals surface area contributed by atoms with Crippen molar-refractivity contribution in [2.45, 2.75) is 30.4 Å². The molecule has 0 aromatic rings. The van der Waals surface area contributed by atoms with Gasteiger partial charge in [0.1, 0.15) is 0 Å². The van der Waals surface area contributed by atoms with Crippen molar-refractivity contribution in [3.63, 3.8) is 0 Å². The van der Waals surface area contributed by atoms with E-state index in [2.05, 4.69) is 6.26 Å². The lowest BCUT2D eigenvalue weighted by Crippen LogP contribution is -2.46. The highest BCUT2D eigenvalue weighted by atomic mass is 32.2. The van der Waals surface area contributed by atoms with Gasteiger partial charge in [0.15, 0.2) is 0 Å². The van der Waals surface area contributed by atoms with Gasteiger partial charge in [-0.2, -0.15) is 11.8 Å². The van der Waals surface area contributed by atoms with Crippen LogP contribution in [0.25, 0.3) is 0 Å². The molecule has 1 aliphatic carbocycles. The molecular weight excluding hydrogens is 210 g/mol. The third-order valence-electron chi connectivity index (χ3n) is 3.73. The molecule has 2 rings (SSSR count). The van der Waals surface area contributed by atoms with Crippen molar-refractivity contribution in [2.75, 3.05) is 26.0 Å². The molecule has 86 valence electrons. The Morgan fingerprint density at radius 2 is 2.33 bits per heavy atom. The number of hydrogen-bond donors (Lipinski definition) is 1. The van der Waals surface area contributed by atoms with E-state index in [-0.39, 0.29) is 18.4 Å². The Bertz CT molecular complexity index is 247. The molecule has 1 unspecified atom stereocenters. The molecule has 2 fully saturated rings. The molecule has 1 atom stereocenters. The summed E-state index contributed by atoms with van der Waals surface area (Å²) in [6, 6.07) is 0. The average molecular weight is 229 g/mol. The van der Waals surface area contributed by atoms with Crippen LogP contribution in [0.4, 0.5) is 0 Å². The normalized spacial score (nSPS) is 29.3. The molecule has 0 spiro atoms. The molecule has 4 heteroatoms. The van der Waals surface area contributed by atoms with Gasteiger partial charge >= 0.3 is 0 Å². The van der Waals surface area contributed by atoms with Gasteiger partial charge < -0.3 is 10.0 Å². The van der Waals surface area contributed by atoms with Gasteiger partial charge in [-0.3, -0.25) is 4.79 Å². The topological polar surface area (TPSA) is 40.5 Å². The molecule has 2 aliphatic rings. The monoisotopic (exact) mass is 229 g/mol. The Hall–Kier alpha value is -0.220. The molecule has 1 aliphatic heterocycles. The average Bonchev–Trinajstić information content (AvgIpc) is 2.53. The van der Waals surface area contributed by atoms with Gasteiger partial charge in [0.2, 0.25) is 5.91 Å². The molecule has 1 heterocycles. The largest absolute Gasteiger partial charge is 0.396 e. The van der Waals surface area contributed by atoms with Crippen LogP contribution in [0.2, 0.25) is 0 Å². The zero-order chi connectivity index (χ0) is 10.9. The van der Waals surface area contributed by atoms with Gasteiger partial charge in [0.25, 0.3) is 0 Å². The fourth-order valence-electron chi connectivity index (χ4n) is 2.47. The summed E-state index contributed by atoms with van der Waals surface area (Å²) in [5, 5.41) is 9.04. The van der Waals surface area contributed by atoms with Crippen LogP contribution >= 0.6 is 11.8 Å². The summed E-state index contributed by atoms with van der Waals surface area (Å²) < 4.78 is 0.333. The summed E-state index contributed by atoms with van der Waals surface area (Å²) in [6.07, 6.45) is 6.46. The molecule has 1 amide bonds. The lowest BCUT2D eigenvalue weighted by atomic mass is 9.84. The predicted molar refractivity (Wildman–Crippen MR) is 61.9 cm³/mol. The molecule has 0 bridgehead atoms. The van der Waals surface area contributed by atoms with E-state index in [9.17, 15) is 4.79 Å². The maximum absolute atomic E-state index is 11.7. The minimum absolute atomic E-state index is 0.147. The summed E-state index contributed by atoms with van der Waals surface area (Å²) in [4.78, 5) is 13.6. The van der Waals surface area contributed by atoms with Crippen LogP contribution in [0.3, 0.4) is 0 Å². The third kappa shape index (κ3) is 2.16. The van der Waals surface area contributed by atoms with Gasteiger partial charge in [-0.05, 0) is 19.1 Å². The quantitative estimate of drug-likeness (QED) is 0.785. The van der Waals surface area contributed by atoms with E-state index in [1.54, 1.807) is 0 Å². The molecule has 0 aromatic heterocycles. The Labute approximate surface area is 95.2 Å². The first kappa shape index (κ1) is 11.3. The van der Waals surface area contributed by atoms with Crippen LogP contribution in [0.15, 0.2) is 0 Å². The number of amides is 1. The van der Waals surface area contributed by atoms with Crippen LogP contribution in [-0.4, -0.2) is 46.6 Å². The molecule has 0 aromatic carbocycles. The van der Waals surface area contributed by atoms with E-state index >= 15 is 0 Å². The Kier molecular flexibility index (Phi) is 3.26. The van der Waals surface area contributed by atoms with Gasteiger partial charge in [0.05, 0.1) is 0 Å². The van der Waals surface area contributed by atoms with Crippen LogP contribution in [0.1, 0.15) is 25.7 Å². The number of hydrogen-bond acceptors (Lipinski definition) is 3. The number of aliphatic hydroxyl groups excluding tert-OH is 1. The summed E-state index contributed by atoms with van der Waals surface area (Å²) in [5.74, 6) is 0.408. The van der Waals surface area contributed by atoms with Crippen molar-refractivity contribution in [3.8, 4) is 0 Å². The van der Waals surface area contributed by atoms with E-state index in [1.165, 1.54) is 19.3 Å². The minimum atomic E-state index is 0.147. The first-order valence-electron chi connectivity index (χ1n) is 5.63. The number of carbonyl (C=O) groups excluding carboxylic acids is 1. The minimum Gasteiger partial charge on any atom is -0.396 e. The van der Waals surface area contributed by atoms with Crippen molar-refractivity contribution >= 4 is 17.7 Å². The van der Waals surface area contributed by atoms with Gasteiger partial charge in [-0.15, -0.1) is 0 Å². The van der Waals surface area contributed by atoms with Crippen LogP contribution < -0.4 is 0 Å². The summed E-state index contributed by atoms with van der Waals surface area (Å²) in [6.45, 7) is 1.80. The number of thioether (sulfide) groups is 1. The fraction of sp³-hybridized carbons (Fsp3) is 0.909. The van der Waals surface area contributed by atoms with E-state index in [0.29, 0.717) is 11.2 Å². The highest BCUT2D eigenvalue weighted by Crippen LogP contribution is 2.44. The first-order chi connectivity index (χ1) is 7.19. The summed E-state index contributed by atoms with van der Waals surface area (Å²) >= 11 is 1.90. The predicted octanol–water partition coefficient (Wildman–Crippen LogP) is 1.11. The Balaban J connectivity index is 1.91.